The summed E-state index contributed by atoms with van der Waals surface area (Å²) in [5, 5.41) is 55.9. The number of esters is 1. The maximum atomic E-state index is 13.3. The number of cyclic esters (lactones) is 1. The molecule has 2 aliphatic rings. The van der Waals surface area contributed by atoms with Crippen molar-refractivity contribution in [3.8, 4) is 0 Å². The Bertz CT molecular complexity index is 1050. The van der Waals surface area contributed by atoms with Crippen LogP contribution in [-0.2, 0) is 19.0 Å². The van der Waals surface area contributed by atoms with E-state index in [1.54, 1.807) is 26.8 Å². The second-order valence-electron chi connectivity index (χ2n) is 13.4. The smallest absolute Gasteiger partial charge is 0.373 e. The van der Waals surface area contributed by atoms with Crippen LogP contribution in [0, 0.1) is 35.5 Å². The highest BCUT2D eigenvalue weighted by Crippen LogP contribution is 2.41. The van der Waals surface area contributed by atoms with E-state index in [4.69, 9.17) is 14.2 Å². The quantitative estimate of drug-likeness (QED) is 0.282. The van der Waals surface area contributed by atoms with Gasteiger partial charge in [-0.3, -0.25) is 0 Å². The SMILES string of the molecule is CO/C1=C\C(C)=C\[C@@H](C)[C@@H](O)[C@@H](C)C/C(C)=C/C=C/[C@H](O)C([C@@H](C)[C@@H](O)[C@H](C)[C@@]2(O)C[C@@H](O)[C@H](C)[C@@H](C(C)C)O2)OC1=O. The molecule has 2 aliphatic heterocycles. The Morgan fingerprint density at radius 3 is 2.26 bits per heavy atom. The van der Waals surface area contributed by atoms with Crippen LogP contribution in [0.4, 0.5) is 0 Å². The van der Waals surface area contributed by atoms with E-state index in [2.05, 4.69) is 0 Å². The van der Waals surface area contributed by atoms with Gasteiger partial charge in [0.15, 0.2) is 5.79 Å². The minimum Gasteiger partial charge on any atom is -0.490 e. The van der Waals surface area contributed by atoms with Crippen molar-refractivity contribution >= 4 is 5.97 Å². The van der Waals surface area contributed by atoms with Gasteiger partial charge in [0.25, 0.3) is 0 Å². The number of hydrogen-bond acceptors (Lipinski definition) is 9. The standard InChI is InChI=1S/C34H56O9/c1-18(2)31-23(7)27(36)17-34(40,43-31)25(9)30(38)24(8)32-26(35)13-11-12-19(3)14-21(5)29(37)22(6)15-20(4)16-28(41-10)33(39)42-32/h11-13,15-16,18,21-27,29-32,35-38,40H,14,17H2,1-10H3/b13-11+,19-12+,20-15+,28-16-/t21-,22+,23-,24-,25-,26-,27+,29-,30+,31+,32?,34+/m0/s1. The van der Waals surface area contributed by atoms with Crippen molar-refractivity contribution in [3.63, 3.8) is 0 Å². The summed E-state index contributed by atoms with van der Waals surface area (Å²) < 4.78 is 17.3. The molecule has 2 heterocycles. The van der Waals surface area contributed by atoms with Crippen molar-refractivity contribution in [2.75, 3.05) is 7.11 Å². The van der Waals surface area contributed by atoms with Crippen LogP contribution in [0.1, 0.15) is 75.2 Å². The van der Waals surface area contributed by atoms with Gasteiger partial charge in [-0.15, -0.1) is 0 Å². The lowest BCUT2D eigenvalue weighted by Crippen LogP contribution is -2.59. The molecule has 43 heavy (non-hydrogen) atoms. The Labute approximate surface area is 257 Å². The number of rotatable bonds is 6. The van der Waals surface area contributed by atoms with Crippen LogP contribution in [0.15, 0.2) is 47.3 Å². The largest absolute Gasteiger partial charge is 0.490 e. The Kier molecular flexibility index (Phi) is 13.7. The second kappa shape index (κ2) is 15.8. The van der Waals surface area contributed by atoms with Gasteiger partial charge in [-0.1, -0.05) is 83.9 Å². The van der Waals surface area contributed by atoms with Gasteiger partial charge < -0.3 is 39.7 Å². The maximum Gasteiger partial charge on any atom is 0.373 e. The Hall–Kier alpha value is -2.01. The lowest BCUT2D eigenvalue weighted by atomic mass is 9.76. The van der Waals surface area contributed by atoms with Crippen LogP contribution in [0.3, 0.4) is 0 Å². The van der Waals surface area contributed by atoms with E-state index in [0.717, 1.165) is 5.57 Å². The first-order valence-corrected chi connectivity index (χ1v) is 15.5. The number of methoxy groups -OCH3 is 1. The summed E-state index contributed by atoms with van der Waals surface area (Å²) in [7, 11) is 1.34. The molecule has 0 saturated carbocycles. The van der Waals surface area contributed by atoms with Gasteiger partial charge in [-0.25, -0.2) is 4.79 Å². The molecule has 0 aromatic rings. The van der Waals surface area contributed by atoms with Crippen molar-refractivity contribution in [1.82, 2.24) is 0 Å². The third-order valence-corrected chi connectivity index (χ3v) is 9.24. The molecule has 0 amide bonds. The average Bonchev–Trinajstić information content (AvgIpc) is 2.93. The van der Waals surface area contributed by atoms with Gasteiger partial charge in [-0.05, 0) is 38.2 Å². The van der Waals surface area contributed by atoms with Crippen LogP contribution in [0.2, 0.25) is 0 Å². The molecule has 9 nitrogen and oxygen atoms in total. The summed E-state index contributed by atoms with van der Waals surface area (Å²) >= 11 is 0. The normalized spacial score (nSPS) is 41.9. The second-order valence-corrected chi connectivity index (χ2v) is 13.4. The molecule has 246 valence electrons. The molecule has 1 unspecified atom stereocenters. The molecular weight excluding hydrogens is 552 g/mol. The first-order valence-electron chi connectivity index (χ1n) is 15.5. The third-order valence-electron chi connectivity index (χ3n) is 9.24. The Balaban J connectivity index is 2.47. The fraction of sp³-hybridized carbons (Fsp3) is 0.735. The van der Waals surface area contributed by atoms with Gasteiger partial charge in [0.05, 0.1) is 31.5 Å². The molecule has 0 spiro atoms. The average molecular weight is 609 g/mol. The number of carbonyl (C=O) groups is 1. The van der Waals surface area contributed by atoms with E-state index in [1.165, 1.54) is 19.3 Å². The van der Waals surface area contributed by atoms with Crippen LogP contribution in [-0.4, -0.2) is 81.0 Å². The summed E-state index contributed by atoms with van der Waals surface area (Å²) in [6, 6.07) is 0. The van der Waals surface area contributed by atoms with E-state index < -0.39 is 60.2 Å². The van der Waals surface area contributed by atoms with Crippen LogP contribution in [0.25, 0.3) is 0 Å². The van der Waals surface area contributed by atoms with Gasteiger partial charge in [-0.2, -0.15) is 0 Å². The molecule has 12 atom stereocenters. The molecule has 2 rings (SSSR count). The molecule has 0 radical (unpaired) electrons. The van der Waals surface area contributed by atoms with E-state index in [-0.39, 0.29) is 35.9 Å². The van der Waals surface area contributed by atoms with Crippen molar-refractivity contribution in [3.05, 3.63) is 47.3 Å². The molecular formula is C34H56O9. The molecule has 0 aromatic carbocycles. The van der Waals surface area contributed by atoms with Gasteiger partial charge in [0.2, 0.25) is 5.76 Å². The molecule has 1 saturated heterocycles. The number of carbonyl (C=O) groups excluding carboxylic acids is 1. The van der Waals surface area contributed by atoms with Crippen LogP contribution >= 0.6 is 0 Å². The molecule has 0 aliphatic carbocycles. The van der Waals surface area contributed by atoms with E-state index in [0.29, 0.717) is 12.0 Å². The van der Waals surface area contributed by atoms with Crippen LogP contribution < -0.4 is 0 Å². The van der Waals surface area contributed by atoms with Crippen molar-refractivity contribution < 1.29 is 44.5 Å². The first-order chi connectivity index (χ1) is 19.9. The highest BCUT2D eigenvalue weighted by Gasteiger charge is 2.51. The van der Waals surface area contributed by atoms with Gasteiger partial charge in [0, 0.05) is 30.1 Å². The molecule has 5 N–H and O–H groups in total. The van der Waals surface area contributed by atoms with Crippen molar-refractivity contribution in [2.45, 2.75) is 118 Å². The number of aliphatic hydroxyl groups excluding tert-OH is 4. The first kappa shape index (κ1) is 37.2. The van der Waals surface area contributed by atoms with Crippen molar-refractivity contribution in [2.24, 2.45) is 35.5 Å². The fourth-order valence-electron chi connectivity index (χ4n) is 6.35. The molecule has 9 heteroatoms. The zero-order valence-corrected chi connectivity index (χ0v) is 27.6. The summed E-state index contributed by atoms with van der Waals surface area (Å²) in [5.74, 6) is -4.96. The van der Waals surface area contributed by atoms with E-state index in [1.807, 2.05) is 53.7 Å². The molecule has 0 aromatic heterocycles. The highest BCUT2D eigenvalue weighted by molar-refractivity contribution is 5.87. The summed E-state index contributed by atoms with van der Waals surface area (Å²) in [6.45, 7) is 16.6. The third kappa shape index (κ3) is 9.49. The minimum absolute atomic E-state index is 0.0155. The number of aliphatic hydroxyl groups is 5. The molecule has 0 bridgehead atoms. The summed E-state index contributed by atoms with van der Waals surface area (Å²) in [6.07, 6.45) is 3.22. The highest BCUT2D eigenvalue weighted by atomic mass is 16.6. The molecule has 1 fully saturated rings. The monoisotopic (exact) mass is 608 g/mol. The minimum atomic E-state index is -1.84. The topological polar surface area (TPSA) is 146 Å². The van der Waals surface area contributed by atoms with E-state index in [9.17, 15) is 30.3 Å². The van der Waals surface area contributed by atoms with Gasteiger partial charge >= 0.3 is 5.97 Å². The zero-order valence-electron chi connectivity index (χ0n) is 27.6. The van der Waals surface area contributed by atoms with Gasteiger partial charge in [0.1, 0.15) is 12.2 Å². The zero-order chi connectivity index (χ0) is 32.8. The van der Waals surface area contributed by atoms with Crippen LogP contribution in [0.5, 0.6) is 0 Å². The predicted octanol–water partition coefficient (Wildman–Crippen LogP) is 4.04. The Morgan fingerprint density at radius 1 is 1.05 bits per heavy atom. The lowest BCUT2D eigenvalue weighted by Gasteiger charge is -2.49. The Morgan fingerprint density at radius 2 is 1.67 bits per heavy atom. The van der Waals surface area contributed by atoms with Crippen molar-refractivity contribution in [1.29, 1.82) is 0 Å². The number of allylic oxidation sites excluding steroid dienone is 5. The summed E-state index contributed by atoms with van der Waals surface area (Å²) in [5.41, 5.74) is 1.69. The number of ether oxygens (including phenoxy) is 3. The predicted molar refractivity (Wildman–Crippen MR) is 165 cm³/mol. The number of hydrogen-bond donors (Lipinski definition) is 5. The van der Waals surface area contributed by atoms with E-state index >= 15 is 0 Å². The summed E-state index contributed by atoms with van der Waals surface area (Å²) in [4.78, 5) is 13.3. The maximum absolute atomic E-state index is 13.3. The lowest BCUT2D eigenvalue weighted by molar-refractivity contribution is -0.328. The fourth-order valence-corrected chi connectivity index (χ4v) is 6.35.